The Morgan fingerprint density at radius 3 is 2.47 bits per heavy atom. The van der Waals surface area contributed by atoms with Gasteiger partial charge in [0.15, 0.2) is 5.96 Å². The van der Waals surface area contributed by atoms with Crippen LogP contribution < -0.4 is 15.5 Å². The number of nitrogens with zero attached hydrogens (tertiary/aromatic N) is 6. The van der Waals surface area contributed by atoms with Gasteiger partial charge in [-0.15, -0.1) is 24.0 Å². The molecular weight excluding hydrogens is 519 g/mol. The molecule has 0 spiro atoms. The molecule has 0 amide bonds. The Morgan fingerprint density at radius 2 is 1.81 bits per heavy atom. The Hall–Kier alpha value is -1.95. The lowest BCUT2D eigenvalue weighted by Crippen LogP contribution is -2.47. The summed E-state index contributed by atoms with van der Waals surface area (Å²) in [5.74, 6) is 2.62. The number of rotatable bonds is 10. The SMILES string of the molecule is CCNC(=NCc1c(CC)noc1CC)NCCCN1CCN(c2ncccn2)CC1.I. The molecule has 9 nitrogen and oxygen atoms in total. The number of piperazine rings is 1. The van der Waals surface area contributed by atoms with Gasteiger partial charge in [-0.25, -0.2) is 15.0 Å². The highest BCUT2D eigenvalue weighted by Gasteiger charge is 2.18. The van der Waals surface area contributed by atoms with E-state index in [0.29, 0.717) is 6.54 Å². The molecule has 1 saturated heterocycles. The molecule has 1 fully saturated rings. The van der Waals surface area contributed by atoms with Crippen LogP contribution in [0.15, 0.2) is 28.0 Å². The lowest BCUT2D eigenvalue weighted by atomic mass is 10.1. The van der Waals surface area contributed by atoms with Crippen LogP contribution in [0.4, 0.5) is 5.95 Å². The lowest BCUT2D eigenvalue weighted by molar-refractivity contribution is 0.254. The van der Waals surface area contributed by atoms with E-state index in [4.69, 9.17) is 9.52 Å². The van der Waals surface area contributed by atoms with Gasteiger partial charge in [-0.05, 0) is 32.4 Å². The third kappa shape index (κ3) is 7.58. The van der Waals surface area contributed by atoms with Crippen molar-refractivity contribution in [2.45, 2.75) is 46.6 Å². The minimum Gasteiger partial charge on any atom is -0.361 e. The van der Waals surface area contributed by atoms with Crippen LogP contribution in [0.2, 0.25) is 0 Å². The van der Waals surface area contributed by atoms with E-state index in [-0.39, 0.29) is 24.0 Å². The fourth-order valence-electron chi connectivity index (χ4n) is 3.75. The summed E-state index contributed by atoms with van der Waals surface area (Å²) in [5, 5.41) is 11.0. The second kappa shape index (κ2) is 14.2. The van der Waals surface area contributed by atoms with Crippen molar-refractivity contribution in [3.05, 3.63) is 35.5 Å². The van der Waals surface area contributed by atoms with Crippen LogP contribution in [-0.2, 0) is 19.4 Å². The van der Waals surface area contributed by atoms with Gasteiger partial charge in [-0.1, -0.05) is 19.0 Å². The molecule has 2 aromatic heterocycles. The average molecular weight is 556 g/mol. The number of aromatic nitrogens is 3. The third-order valence-corrected chi connectivity index (χ3v) is 5.50. The summed E-state index contributed by atoms with van der Waals surface area (Å²) >= 11 is 0. The quantitative estimate of drug-likeness (QED) is 0.200. The Kier molecular flexibility index (Phi) is 11.7. The van der Waals surface area contributed by atoms with Crippen LogP contribution >= 0.6 is 24.0 Å². The molecule has 0 unspecified atom stereocenters. The highest BCUT2D eigenvalue weighted by Crippen LogP contribution is 2.16. The van der Waals surface area contributed by atoms with Crippen molar-refractivity contribution in [3.63, 3.8) is 0 Å². The molecule has 0 bridgehead atoms. The molecule has 1 aliphatic rings. The predicted octanol–water partition coefficient (Wildman–Crippen LogP) is 2.47. The molecule has 2 N–H and O–H groups in total. The fourth-order valence-corrected chi connectivity index (χ4v) is 3.75. The van der Waals surface area contributed by atoms with Crippen molar-refractivity contribution in [1.82, 2.24) is 30.7 Å². The zero-order valence-electron chi connectivity index (χ0n) is 19.5. The number of halogens is 1. The Balaban J connectivity index is 0.00000363. The second-order valence-electron chi connectivity index (χ2n) is 7.59. The normalized spacial score (nSPS) is 14.8. The van der Waals surface area contributed by atoms with Crippen LogP contribution in [-0.4, -0.2) is 71.8 Å². The van der Waals surface area contributed by atoms with Crippen molar-refractivity contribution in [3.8, 4) is 0 Å². The van der Waals surface area contributed by atoms with Gasteiger partial charge in [0.05, 0.1) is 12.2 Å². The largest absolute Gasteiger partial charge is 0.361 e. The maximum atomic E-state index is 5.45. The van der Waals surface area contributed by atoms with E-state index in [0.717, 1.165) is 94.0 Å². The van der Waals surface area contributed by atoms with E-state index in [9.17, 15) is 0 Å². The van der Waals surface area contributed by atoms with E-state index in [1.807, 2.05) is 6.07 Å². The molecule has 10 heteroatoms. The molecule has 178 valence electrons. The molecular formula is C22H37IN8O. The molecule has 1 aliphatic heterocycles. The number of aryl methyl sites for hydroxylation is 2. The van der Waals surface area contributed by atoms with Gasteiger partial charge in [0, 0.05) is 63.6 Å². The Bertz CT molecular complexity index is 784. The molecule has 3 heterocycles. The molecule has 0 radical (unpaired) electrons. The molecule has 0 aromatic carbocycles. The first-order valence-electron chi connectivity index (χ1n) is 11.5. The summed E-state index contributed by atoms with van der Waals surface area (Å²) in [4.78, 5) is 18.2. The maximum absolute atomic E-state index is 5.45. The van der Waals surface area contributed by atoms with Crippen LogP contribution in [0.25, 0.3) is 0 Å². The molecule has 0 saturated carbocycles. The van der Waals surface area contributed by atoms with Gasteiger partial charge < -0.3 is 20.1 Å². The van der Waals surface area contributed by atoms with E-state index in [1.54, 1.807) is 12.4 Å². The summed E-state index contributed by atoms with van der Waals surface area (Å²) in [5.41, 5.74) is 2.14. The van der Waals surface area contributed by atoms with Gasteiger partial charge in [-0.2, -0.15) is 0 Å². The highest BCUT2D eigenvalue weighted by molar-refractivity contribution is 14.0. The van der Waals surface area contributed by atoms with Gasteiger partial charge in [0.25, 0.3) is 0 Å². The van der Waals surface area contributed by atoms with Crippen molar-refractivity contribution >= 4 is 35.9 Å². The first-order chi connectivity index (χ1) is 15.2. The number of hydrogen-bond donors (Lipinski definition) is 2. The van der Waals surface area contributed by atoms with Crippen LogP contribution in [0.3, 0.4) is 0 Å². The summed E-state index contributed by atoms with van der Waals surface area (Å²) in [6.45, 7) is 13.7. The Morgan fingerprint density at radius 1 is 1.06 bits per heavy atom. The first kappa shape index (κ1) is 26.3. The smallest absolute Gasteiger partial charge is 0.225 e. The van der Waals surface area contributed by atoms with Crippen molar-refractivity contribution in [1.29, 1.82) is 0 Å². The monoisotopic (exact) mass is 556 g/mol. The summed E-state index contributed by atoms with van der Waals surface area (Å²) in [6.07, 6.45) is 6.38. The van der Waals surface area contributed by atoms with E-state index < -0.39 is 0 Å². The van der Waals surface area contributed by atoms with Crippen molar-refractivity contribution in [2.75, 3.05) is 50.7 Å². The van der Waals surface area contributed by atoms with Gasteiger partial charge in [0.1, 0.15) is 5.76 Å². The standard InChI is InChI=1S/C22H36N8O.HI/c1-4-19-18(20(5-2)31-28-19)17-27-21(23-6-3)24-11-8-12-29-13-15-30(16-14-29)22-25-9-7-10-26-22;/h7,9-10H,4-6,8,11-17H2,1-3H3,(H2,23,24,27);1H. The highest BCUT2D eigenvalue weighted by atomic mass is 127. The summed E-state index contributed by atoms with van der Waals surface area (Å²) in [7, 11) is 0. The van der Waals surface area contributed by atoms with Crippen molar-refractivity contribution in [2.24, 2.45) is 4.99 Å². The number of anilines is 1. The topological polar surface area (TPSA) is 94.7 Å². The number of hydrogen-bond acceptors (Lipinski definition) is 7. The molecule has 32 heavy (non-hydrogen) atoms. The number of aliphatic imine (C=N–C) groups is 1. The Labute approximate surface area is 208 Å². The van der Waals surface area contributed by atoms with Gasteiger partial charge >= 0.3 is 0 Å². The third-order valence-electron chi connectivity index (χ3n) is 5.50. The number of guanidine groups is 1. The zero-order chi connectivity index (χ0) is 21.9. The van der Waals surface area contributed by atoms with Crippen LogP contribution in [0.1, 0.15) is 44.2 Å². The zero-order valence-corrected chi connectivity index (χ0v) is 21.8. The van der Waals surface area contributed by atoms with Crippen LogP contribution in [0.5, 0.6) is 0 Å². The fraction of sp³-hybridized carbons (Fsp3) is 0.636. The van der Waals surface area contributed by atoms with Crippen molar-refractivity contribution < 1.29 is 4.52 Å². The average Bonchev–Trinajstić information content (AvgIpc) is 3.23. The molecule has 3 rings (SSSR count). The minimum absolute atomic E-state index is 0. The lowest BCUT2D eigenvalue weighted by Gasteiger charge is -2.34. The first-order valence-corrected chi connectivity index (χ1v) is 11.5. The minimum atomic E-state index is 0. The van der Waals surface area contributed by atoms with Gasteiger partial charge in [-0.3, -0.25) is 4.90 Å². The molecule has 0 aliphatic carbocycles. The van der Waals surface area contributed by atoms with Crippen LogP contribution in [0, 0.1) is 0 Å². The van der Waals surface area contributed by atoms with E-state index >= 15 is 0 Å². The molecule has 2 aromatic rings. The molecule has 0 atom stereocenters. The summed E-state index contributed by atoms with van der Waals surface area (Å²) < 4.78 is 5.45. The van der Waals surface area contributed by atoms with E-state index in [2.05, 4.69) is 56.3 Å². The predicted molar refractivity (Wildman–Crippen MR) is 139 cm³/mol. The second-order valence-corrected chi connectivity index (χ2v) is 7.59. The number of nitrogens with one attached hydrogen (secondary N) is 2. The summed E-state index contributed by atoms with van der Waals surface area (Å²) in [6, 6.07) is 1.86. The van der Waals surface area contributed by atoms with E-state index in [1.165, 1.54) is 0 Å². The van der Waals surface area contributed by atoms with Gasteiger partial charge in [0.2, 0.25) is 5.95 Å². The maximum Gasteiger partial charge on any atom is 0.225 e.